The molecule has 3 unspecified atom stereocenters. The van der Waals surface area contributed by atoms with Crippen LogP contribution in [0.3, 0.4) is 0 Å². The van der Waals surface area contributed by atoms with E-state index in [2.05, 4.69) is 34.7 Å². The number of fused-ring (bicyclic) bond motifs is 2. The lowest BCUT2D eigenvalue weighted by Gasteiger charge is -2.33. The van der Waals surface area contributed by atoms with Gasteiger partial charge >= 0.3 is 0 Å². The van der Waals surface area contributed by atoms with Crippen LogP contribution in [0.1, 0.15) is 30.7 Å². The highest BCUT2D eigenvalue weighted by Gasteiger charge is 2.34. The Bertz CT molecular complexity index is 336. The largest absolute Gasteiger partial charge is 0.306 e. The Morgan fingerprint density at radius 2 is 2.31 bits per heavy atom. The Morgan fingerprint density at radius 3 is 3.12 bits per heavy atom. The lowest BCUT2D eigenvalue weighted by Crippen LogP contribution is -2.44. The van der Waals surface area contributed by atoms with Crippen molar-refractivity contribution in [2.45, 2.75) is 31.8 Å². The van der Waals surface area contributed by atoms with Crippen molar-refractivity contribution in [3.05, 3.63) is 22.4 Å². The number of thiophene rings is 1. The summed E-state index contributed by atoms with van der Waals surface area (Å²) in [5.74, 6) is 0.899. The van der Waals surface area contributed by atoms with Crippen LogP contribution in [-0.2, 0) is 0 Å². The highest BCUT2D eigenvalue weighted by molar-refractivity contribution is 7.10. The summed E-state index contributed by atoms with van der Waals surface area (Å²) in [7, 11) is 0. The van der Waals surface area contributed by atoms with Crippen LogP contribution in [-0.4, -0.2) is 30.6 Å². The molecular formula is C13H20N2S. The topological polar surface area (TPSA) is 15.3 Å². The van der Waals surface area contributed by atoms with Gasteiger partial charge in [-0.3, -0.25) is 0 Å². The van der Waals surface area contributed by atoms with Crippen molar-refractivity contribution in [3.8, 4) is 0 Å². The molecule has 2 saturated heterocycles. The Balaban J connectivity index is 1.62. The number of hydrogen-bond donors (Lipinski definition) is 1. The molecule has 3 rings (SSSR count). The highest BCUT2D eigenvalue weighted by atomic mass is 32.1. The van der Waals surface area contributed by atoms with Crippen molar-refractivity contribution in [1.29, 1.82) is 0 Å². The summed E-state index contributed by atoms with van der Waals surface area (Å²) < 4.78 is 0. The van der Waals surface area contributed by atoms with Gasteiger partial charge in [-0.1, -0.05) is 6.07 Å². The zero-order valence-corrected chi connectivity index (χ0v) is 10.7. The summed E-state index contributed by atoms with van der Waals surface area (Å²) in [6.45, 7) is 6.25. The average Bonchev–Trinajstić information content (AvgIpc) is 2.93. The van der Waals surface area contributed by atoms with E-state index in [0.29, 0.717) is 6.04 Å². The molecule has 2 aliphatic rings. The first-order chi connectivity index (χ1) is 7.83. The maximum Gasteiger partial charge on any atom is 0.0388 e. The molecule has 0 aromatic carbocycles. The fraction of sp³-hybridized carbons (Fsp3) is 0.692. The fourth-order valence-corrected chi connectivity index (χ4v) is 3.86. The van der Waals surface area contributed by atoms with Gasteiger partial charge in [0.05, 0.1) is 0 Å². The Labute approximate surface area is 102 Å². The third kappa shape index (κ3) is 2.04. The summed E-state index contributed by atoms with van der Waals surface area (Å²) in [5, 5.41) is 6.00. The number of hydrogen-bond acceptors (Lipinski definition) is 3. The second-order valence-corrected chi connectivity index (χ2v) is 6.13. The molecule has 2 fully saturated rings. The normalized spacial score (nSPS) is 35.2. The van der Waals surface area contributed by atoms with E-state index in [-0.39, 0.29) is 0 Å². The van der Waals surface area contributed by atoms with E-state index < -0.39 is 0 Å². The van der Waals surface area contributed by atoms with Crippen LogP contribution in [0.5, 0.6) is 0 Å². The van der Waals surface area contributed by atoms with Gasteiger partial charge in [0.2, 0.25) is 0 Å². The molecule has 0 radical (unpaired) electrons. The van der Waals surface area contributed by atoms with Crippen molar-refractivity contribution in [1.82, 2.24) is 10.2 Å². The Kier molecular flexibility index (Phi) is 3.01. The molecule has 2 bridgehead atoms. The molecule has 2 aliphatic heterocycles. The van der Waals surface area contributed by atoms with Crippen LogP contribution in [0.4, 0.5) is 0 Å². The van der Waals surface area contributed by atoms with Gasteiger partial charge < -0.3 is 10.2 Å². The molecule has 0 spiro atoms. The molecule has 1 N–H and O–H groups in total. The fourth-order valence-electron chi connectivity index (χ4n) is 3.11. The van der Waals surface area contributed by atoms with E-state index >= 15 is 0 Å². The number of rotatable bonds is 3. The van der Waals surface area contributed by atoms with Crippen molar-refractivity contribution in [2.24, 2.45) is 5.92 Å². The van der Waals surface area contributed by atoms with Crippen LogP contribution in [0.25, 0.3) is 0 Å². The second kappa shape index (κ2) is 4.47. The third-order valence-corrected chi connectivity index (χ3v) is 5.12. The van der Waals surface area contributed by atoms with Gasteiger partial charge in [-0.25, -0.2) is 0 Å². The molecule has 2 nitrogen and oxygen atoms in total. The molecule has 88 valence electrons. The molecule has 16 heavy (non-hydrogen) atoms. The molecule has 4 atom stereocenters. The van der Waals surface area contributed by atoms with Gasteiger partial charge in [-0.2, -0.15) is 0 Å². The number of nitrogens with zero attached hydrogens (tertiary/aromatic N) is 1. The minimum absolute atomic E-state index is 0.525. The molecule has 0 amide bonds. The summed E-state index contributed by atoms with van der Waals surface area (Å²) >= 11 is 1.87. The monoisotopic (exact) mass is 236 g/mol. The minimum atomic E-state index is 0.525. The second-order valence-electron chi connectivity index (χ2n) is 5.15. The van der Waals surface area contributed by atoms with Crippen molar-refractivity contribution >= 4 is 11.3 Å². The average molecular weight is 236 g/mol. The molecule has 3 heterocycles. The van der Waals surface area contributed by atoms with Crippen LogP contribution >= 0.6 is 11.3 Å². The number of nitrogens with one attached hydrogen (secondary N) is 1. The van der Waals surface area contributed by atoms with Gasteiger partial charge in [-0.05, 0) is 50.2 Å². The lowest BCUT2D eigenvalue weighted by atomic mass is 9.93. The van der Waals surface area contributed by atoms with Gasteiger partial charge in [0, 0.05) is 23.5 Å². The van der Waals surface area contributed by atoms with E-state index in [9.17, 15) is 0 Å². The van der Waals surface area contributed by atoms with Gasteiger partial charge in [0.15, 0.2) is 0 Å². The van der Waals surface area contributed by atoms with Crippen LogP contribution < -0.4 is 5.32 Å². The minimum Gasteiger partial charge on any atom is -0.306 e. The predicted molar refractivity (Wildman–Crippen MR) is 68.8 cm³/mol. The van der Waals surface area contributed by atoms with Crippen LogP contribution in [0, 0.1) is 5.92 Å². The van der Waals surface area contributed by atoms with Crippen LogP contribution in [0.15, 0.2) is 17.5 Å². The summed E-state index contributed by atoms with van der Waals surface area (Å²) in [6.07, 6.45) is 2.73. The van der Waals surface area contributed by atoms with Gasteiger partial charge in [0.1, 0.15) is 0 Å². The predicted octanol–water partition coefficient (Wildman–Crippen LogP) is 2.49. The molecule has 0 aliphatic carbocycles. The van der Waals surface area contributed by atoms with E-state index in [4.69, 9.17) is 0 Å². The van der Waals surface area contributed by atoms with Crippen LogP contribution in [0.2, 0.25) is 0 Å². The van der Waals surface area contributed by atoms with Crippen molar-refractivity contribution < 1.29 is 0 Å². The SMILES string of the molecule is C[C@H](NC1CCN2CCC1C2)c1cccs1. The zero-order valence-electron chi connectivity index (χ0n) is 9.86. The van der Waals surface area contributed by atoms with E-state index in [1.54, 1.807) is 0 Å². The highest BCUT2D eigenvalue weighted by Crippen LogP contribution is 2.29. The first kappa shape index (κ1) is 10.8. The van der Waals surface area contributed by atoms with Gasteiger partial charge in [0.25, 0.3) is 0 Å². The molecule has 1 aromatic heterocycles. The Morgan fingerprint density at radius 1 is 1.44 bits per heavy atom. The summed E-state index contributed by atoms with van der Waals surface area (Å²) in [5.41, 5.74) is 0. The molecule has 3 heteroatoms. The lowest BCUT2D eigenvalue weighted by molar-refractivity contribution is 0.212. The molecular weight excluding hydrogens is 216 g/mol. The Hall–Kier alpha value is -0.380. The maximum atomic E-state index is 3.83. The smallest absolute Gasteiger partial charge is 0.0388 e. The van der Waals surface area contributed by atoms with Crippen molar-refractivity contribution in [2.75, 3.05) is 19.6 Å². The standard InChI is InChI=1S/C13H20N2S/c1-10(13-3-2-8-16-13)14-12-5-7-15-6-4-11(12)9-15/h2-3,8,10-12,14H,4-7,9H2,1H3/t10-,11?,12?/m0/s1. The number of piperidine rings is 1. The van der Waals surface area contributed by atoms with Crippen molar-refractivity contribution in [3.63, 3.8) is 0 Å². The summed E-state index contributed by atoms with van der Waals surface area (Å²) in [6, 6.07) is 5.66. The van der Waals surface area contributed by atoms with E-state index in [1.165, 1.54) is 37.4 Å². The molecule has 1 aromatic rings. The third-order valence-electron chi connectivity index (χ3n) is 4.07. The first-order valence-electron chi connectivity index (χ1n) is 6.35. The maximum absolute atomic E-state index is 3.83. The summed E-state index contributed by atoms with van der Waals surface area (Å²) in [4.78, 5) is 4.08. The quantitative estimate of drug-likeness (QED) is 0.867. The van der Waals surface area contributed by atoms with E-state index in [0.717, 1.165) is 12.0 Å². The zero-order chi connectivity index (χ0) is 11.0. The first-order valence-corrected chi connectivity index (χ1v) is 7.22. The van der Waals surface area contributed by atoms with E-state index in [1.807, 2.05) is 11.3 Å². The van der Waals surface area contributed by atoms with Gasteiger partial charge in [-0.15, -0.1) is 11.3 Å². The molecule has 0 saturated carbocycles.